The lowest BCUT2D eigenvalue weighted by Gasteiger charge is -2.36. The maximum absolute atomic E-state index is 5.92. The molecule has 0 aromatic rings. The van der Waals surface area contributed by atoms with Gasteiger partial charge in [-0.05, 0) is 6.42 Å². The van der Waals surface area contributed by atoms with E-state index < -0.39 is 0 Å². The van der Waals surface area contributed by atoms with Crippen LogP contribution < -0.4 is 5.73 Å². The van der Waals surface area contributed by atoms with Gasteiger partial charge in [-0.1, -0.05) is 0 Å². The largest absolute Gasteiger partial charge is 0.379 e. The fraction of sp³-hybridized carbons (Fsp3) is 1.00. The van der Waals surface area contributed by atoms with Gasteiger partial charge in [0.1, 0.15) is 0 Å². The van der Waals surface area contributed by atoms with E-state index in [1.54, 1.807) is 14.2 Å². The van der Waals surface area contributed by atoms with E-state index in [1.165, 1.54) is 0 Å². The first-order valence-corrected chi connectivity index (χ1v) is 5.84. The SMILES string of the molecule is COC1CN(C2(CN)CCOC2)CC1OC. The number of nitrogens with two attached hydrogens (primary N) is 1. The molecular weight excluding hydrogens is 208 g/mol. The first kappa shape index (κ1) is 12.3. The van der Waals surface area contributed by atoms with Crippen LogP contribution >= 0.6 is 0 Å². The van der Waals surface area contributed by atoms with Gasteiger partial charge in [0, 0.05) is 40.5 Å². The van der Waals surface area contributed by atoms with E-state index in [1.807, 2.05) is 0 Å². The molecule has 0 radical (unpaired) electrons. The molecule has 3 atom stereocenters. The molecule has 0 bridgehead atoms. The summed E-state index contributed by atoms with van der Waals surface area (Å²) in [5.74, 6) is 0. The molecule has 2 aliphatic rings. The number of nitrogens with zero attached hydrogens (tertiary/aromatic N) is 1. The highest BCUT2D eigenvalue weighted by Crippen LogP contribution is 2.30. The smallest absolute Gasteiger partial charge is 0.0972 e. The highest BCUT2D eigenvalue weighted by Gasteiger charge is 2.46. The van der Waals surface area contributed by atoms with Gasteiger partial charge in [0.25, 0.3) is 0 Å². The van der Waals surface area contributed by atoms with E-state index in [9.17, 15) is 0 Å². The average Bonchev–Trinajstić information content (AvgIpc) is 2.95. The van der Waals surface area contributed by atoms with Gasteiger partial charge >= 0.3 is 0 Å². The van der Waals surface area contributed by atoms with Crippen LogP contribution in [0.15, 0.2) is 0 Å². The number of likely N-dealkylation sites (tertiary alicyclic amines) is 1. The van der Waals surface area contributed by atoms with Crippen LogP contribution in [0.1, 0.15) is 6.42 Å². The summed E-state index contributed by atoms with van der Waals surface area (Å²) in [6.45, 7) is 3.95. The molecule has 3 unspecified atom stereocenters. The lowest BCUT2D eigenvalue weighted by Crippen LogP contribution is -2.54. The maximum atomic E-state index is 5.92. The van der Waals surface area contributed by atoms with E-state index >= 15 is 0 Å². The summed E-state index contributed by atoms with van der Waals surface area (Å²) in [5.41, 5.74) is 5.92. The maximum Gasteiger partial charge on any atom is 0.0972 e. The predicted molar refractivity (Wildman–Crippen MR) is 60.4 cm³/mol. The summed E-state index contributed by atoms with van der Waals surface area (Å²) >= 11 is 0. The second kappa shape index (κ2) is 4.98. The third-order valence-electron chi connectivity index (χ3n) is 3.95. The predicted octanol–water partition coefficient (Wildman–Crippen LogP) is -0.550. The molecule has 5 nitrogen and oxygen atoms in total. The molecule has 0 amide bonds. The van der Waals surface area contributed by atoms with Crippen molar-refractivity contribution in [1.82, 2.24) is 4.90 Å². The van der Waals surface area contributed by atoms with Crippen molar-refractivity contribution in [2.24, 2.45) is 5.73 Å². The van der Waals surface area contributed by atoms with Gasteiger partial charge in [0.15, 0.2) is 0 Å². The van der Waals surface area contributed by atoms with Gasteiger partial charge in [-0.25, -0.2) is 0 Å². The van der Waals surface area contributed by atoms with Gasteiger partial charge < -0.3 is 19.9 Å². The van der Waals surface area contributed by atoms with Crippen LogP contribution in [0.2, 0.25) is 0 Å². The number of methoxy groups -OCH3 is 2. The Hall–Kier alpha value is -0.200. The lowest BCUT2D eigenvalue weighted by atomic mass is 9.97. The van der Waals surface area contributed by atoms with Gasteiger partial charge in [-0.15, -0.1) is 0 Å². The summed E-state index contributed by atoms with van der Waals surface area (Å²) in [6, 6.07) is 0. The molecule has 2 heterocycles. The molecule has 0 aliphatic carbocycles. The van der Waals surface area contributed by atoms with Crippen LogP contribution in [0.3, 0.4) is 0 Å². The second-order valence-corrected chi connectivity index (χ2v) is 4.68. The van der Waals surface area contributed by atoms with Crippen LogP contribution in [0, 0.1) is 0 Å². The summed E-state index contributed by atoms with van der Waals surface area (Å²) in [6.07, 6.45) is 1.30. The zero-order valence-corrected chi connectivity index (χ0v) is 10.1. The Labute approximate surface area is 96.8 Å². The van der Waals surface area contributed by atoms with Crippen LogP contribution in [-0.4, -0.2) is 69.7 Å². The molecule has 0 saturated carbocycles. The van der Waals surface area contributed by atoms with Gasteiger partial charge in [-0.3, -0.25) is 4.90 Å². The van der Waals surface area contributed by atoms with Crippen molar-refractivity contribution in [3.63, 3.8) is 0 Å². The molecular formula is C11H22N2O3. The fourth-order valence-electron chi connectivity index (χ4n) is 2.72. The topological polar surface area (TPSA) is 57.0 Å². The minimum atomic E-state index is 0.00403. The Morgan fingerprint density at radius 2 is 1.94 bits per heavy atom. The lowest BCUT2D eigenvalue weighted by molar-refractivity contribution is -0.00461. The number of ether oxygens (including phenoxy) is 3. The number of rotatable bonds is 4. The van der Waals surface area contributed by atoms with Gasteiger partial charge in [-0.2, -0.15) is 0 Å². The van der Waals surface area contributed by atoms with E-state index in [2.05, 4.69) is 4.90 Å². The first-order valence-electron chi connectivity index (χ1n) is 5.84. The van der Waals surface area contributed by atoms with Crippen molar-refractivity contribution in [3.8, 4) is 0 Å². The summed E-state index contributed by atoms with van der Waals surface area (Å²) < 4.78 is 16.4. The van der Waals surface area contributed by atoms with Crippen molar-refractivity contribution in [3.05, 3.63) is 0 Å². The Bertz CT molecular complexity index is 219. The van der Waals surface area contributed by atoms with Crippen molar-refractivity contribution < 1.29 is 14.2 Å². The van der Waals surface area contributed by atoms with Crippen molar-refractivity contribution in [1.29, 1.82) is 0 Å². The highest BCUT2D eigenvalue weighted by atomic mass is 16.5. The van der Waals surface area contributed by atoms with Crippen LogP contribution in [0.25, 0.3) is 0 Å². The van der Waals surface area contributed by atoms with E-state index in [4.69, 9.17) is 19.9 Å². The zero-order valence-electron chi connectivity index (χ0n) is 10.1. The second-order valence-electron chi connectivity index (χ2n) is 4.68. The number of hydrogen-bond acceptors (Lipinski definition) is 5. The Kier molecular flexibility index (Phi) is 3.81. The standard InChI is InChI=1S/C11H22N2O3/c1-14-9-5-13(6-10(9)15-2)11(7-12)3-4-16-8-11/h9-10H,3-8,12H2,1-2H3. The van der Waals surface area contributed by atoms with E-state index in [0.29, 0.717) is 6.54 Å². The zero-order chi connectivity index (χ0) is 11.6. The summed E-state index contributed by atoms with van der Waals surface area (Å²) in [7, 11) is 3.47. The summed E-state index contributed by atoms with van der Waals surface area (Å²) in [4.78, 5) is 2.38. The third-order valence-corrected chi connectivity index (χ3v) is 3.95. The molecule has 2 rings (SSSR count). The minimum absolute atomic E-state index is 0.00403. The first-order chi connectivity index (χ1) is 7.75. The Morgan fingerprint density at radius 1 is 1.31 bits per heavy atom. The normalized spacial score (nSPS) is 40.7. The molecule has 0 aromatic heterocycles. The van der Waals surface area contributed by atoms with Crippen molar-refractivity contribution in [2.45, 2.75) is 24.2 Å². The molecule has 2 saturated heterocycles. The molecule has 2 aliphatic heterocycles. The highest BCUT2D eigenvalue weighted by molar-refractivity contribution is 5.01. The van der Waals surface area contributed by atoms with Crippen molar-refractivity contribution >= 4 is 0 Å². The quantitative estimate of drug-likeness (QED) is 0.702. The third kappa shape index (κ3) is 1.98. The average molecular weight is 230 g/mol. The molecule has 5 heteroatoms. The van der Waals surface area contributed by atoms with Crippen molar-refractivity contribution in [2.75, 3.05) is 47.1 Å². The van der Waals surface area contributed by atoms with Gasteiger partial charge in [0.05, 0.1) is 24.4 Å². The van der Waals surface area contributed by atoms with Crippen LogP contribution in [0.5, 0.6) is 0 Å². The van der Waals surface area contributed by atoms with Crippen LogP contribution in [-0.2, 0) is 14.2 Å². The Morgan fingerprint density at radius 3 is 2.31 bits per heavy atom. The van der Waals surface area contributed by atoms with Crippen LogP contribution in [0.4, 0.5) is 0 Å². The molecule has 0 aromatic carbocycles. The number of hydrogen-bond donors (Lipinski definition) is 1. The minimum Gasteiger partial charge on any atom is -0.379 e. The summed E-state index contributed by atoms with van der Waals surface area (Å²) in [5, 5.41) is 0. The molecule has 2 N–H and O–H groups in total. The molecule has 2 fully saturated rings. The van der Waals surface area contributed by atoms with E-state index in [-0.39, 0.29) is 17.7 Å². The molecule has 0 spiro atoms. The Balaban J connectivity index is 2.05. The van der Waals surface area contributed by atoms with Gasteiger partial charge in [0.2, 0.25) is 0 Å². The monoisotopic (exact) mass is 230 g/mol. The molecule has 94 valence electrons. The fourth-order valence-corrected chi connectivity index (χ4v) is 2.72. The molecule has 16 heavy (non-hydrogen) atoms. The van der Waals surface area contributed by atoms with E-state index in [0.717, 1.165) is 32.7 Å².